The highest BCUT2D eigenvalue weighted by Crippen LogP contribution is 2.44. The van der Waals surface area contributed by atoms with Gasteiger partial charge in [0.25, 0.3) is 0 Å². The minimum Gasteiger partial charge on any atom is -0.480 e. The predicted molar refractivity (Wildman–Crippen MR) is 86.6 cm³/mol. The van der Waals surface area contributed by atoms with E-state index in [4.69, 9.17) is 11.5 Å². The van der Waals surface area contributed by atoms with Crippen LogP contribution in [0.4, 0.5) is 0 Å². The van der Waals surface area contributed by atoms with E-state index in [1.165, 1.54) is 12.2 Å². The first-order valence-electron chi connectivity index (χ1n) is 7.34. The summed E-state index contributed by atoms with van der Waals surface area (Å²) in [6.45, 7) is 3.85. The number of allylic oxidation sites excluding steroid dienone is 4. The molecule has 23 heavy (non-hydrogen) atoms. The summed E-state index contributed by atoms with van der Waals surface area (Å²) in [7, 11) is 0. The molecule has 0 aromatic carbocycles. The summed E-state index contributed by atoms with van der Waals surface area (Å²) >= 11 is 0. The zero-order valence-corrected chi connectivity index (χ0v) is 13.2. The van der Waals surface area contributed by atoms with Crippen LogP contribution in [0.3, 0.4) is 0 Å². The molecule has 0 amide bonds. The van der Waals surface area contributed by atoms with Gasteiger partial charge in [-0.05, 0) is 0 Å². The number of hydrogen-bond donors (Lipinski definition) is 4. The lowest BCUT2D eigenvalue weighted by Crippen LogP contribution is -2.50. The molecule has 0 radical (unpaired) electrons. The molecule has 0 fully saturated rings. The van der Waals surface area contributed by atoms with Crippen LogP contribution in [-0.2, 0) is 9.59 Å². The molecule has 0 saturated heterocycles. The smallest absolute Gasteiger partial charge is 0.328 e. The molecule has 0 aromatic rings. The van der Waals surface area contributed by atoms with E-state index in [0.29, 0.717) is 0 Å². The number of nitrogens with two attached hydrogens (primary N) is 2. The van der Waals surface area contributed by atoms with Gasteiger partial charge in [-0.25, -0.2) is 9.59 Å². The third-order valence-electron chi connectivity index (χ3n) is 4.75. The Morgan fingerprint density at radius 1 is 0.957 bits per heavy atom. The quantitative estimate of drug-likeness (QED) is 0.619. The molecule has 0 aromatic heterocycles. The largest absolute Gasteiger partial charge is 0.480 e. The van der Waals surface area contributed by atoms with E-state index in [-0.39, 0.29) is 12.8 Å². The van der Waals surface area contributed by atoms with Crippen LogP contribution in [-0.4, -0.2) is 33.2 Å². The Hall–Kier alpha value is -2.18. The van der Waals surface area contributed by atoms with E-state index in [0.717, 1.165) is 11.1 Å². The summed E-state index contributed by atoms with van der Waals surface area (Å²) < 4.78 is 0. The van der Waals surface area contributed by atoms with Gasteiger partial charge in [0.15, 0.2) is 0 Å². The Morgan fingerprint density at radius 3 is 1.61 bits per heavy atom. The van der Waals surface area contributed by atoms with E-state index in [1.54, 1.807) is 12.2 Å². The second-order valence-electron chi connectivity index (χ2n) is 6.77. The minimum absolute atomic E-state index is 0.164. The first-order valence-corrected chi connectivity index (χ1v) is 7.34. The molecule has 0 heterocycles. The van der Waals surface area contributed by atoms with Gasteiger partial charge in [-0.2, -0.15) is 0 Å². The summed E-state index contributed by atoms with van der Waals surface area (Å²) in [5, 5.41) is 18.6. The van der Waals surface area contributed by atoms with Crippen LogP contribution in [0.5, 0.6) is 0 Å². The number of carboxylic acids is 2. The number of aliphatic carboxylic acids is 2. The summed E-state index contributed by atoms with van der Waals surface area (Å²) in [5.41, 5.74) is 10.1. The molecule has 0 bridgehead atoms. The zero-order valence-electron chi connectivity index (χ0n) is 13.2. The van der Waals surface area contributed by atoms with E-state index in [2.05, 4.69) is 0 Å². The summed E-state index contributed by atoms with van der Waals surface area (Å²) in [4.78, 5) is 22.8. The first-order chi connectivity index (χ1) is 10.5. The second kappa shape index (κ2) is 5.47. The predicted octanol–water partition coefficient (Wildman–Crippen LogP) is 1.35. The molecule has 0 spiro atoms. The second-order valence-corrected chi connectivity index (χ2v) is 6.77. The highest BCUT2D eigenvalue weighted by Gasteiger charge is 2.42. The fourth-order valence-corrected chi connectivity index (χ4v) is 2.90. The Bertz CT molecular complexity index is 616. The molecule has 2 unspecified atom stereocenters. The zero-order chi connectivity index (χ0) is 17.5. The van der Waals surface area contributed by atoms with Crippen molar-refractivity contribution >= 4 is 11.9 Å². The van der Waals surface area contributed by atoms with Gasteiger partial charge in [0.1, 0.15) is 11.1 Å². The van der Waals surface area contributed by atoms with Crippen LogP contribution in [0.25, 0.3) is 0 Å². The summed E-state index contributed by atoms with van der Waals surface area (Å²) in [5.74, 6) is -2.18. The lowest BCUT2D eigenvalue weighted by molar-refractivity contribution is -0.142. The molecule has 2 atom stereocenters. The number of hydrogen-bond acceptors (Lipinski definition) is 4. The molecule has 2 aliphatic rings. The Morgan fingerprint density at radius 2 is 1.30 bits per heavy atom. The maximum absolute atomic E-state index is 11.4. The normalized spacial score (nSPS) is 30.6. The highest BCUT2D eigenvalue weighted by molar-refractivity contribution is 5.83. The molecular weight excluding hydrogens is 296 g/mol. The minimum atomic E-state index is -1.45. The van der Waals surface area contributed by atoms with Crippen LogP contribution < -0.4 is 11.5 Å². The lowest BCUT2D eigenvalue weighted by Gasteiger charge is -2.39. The van der Waals surface area contributed by atoms with Gasteiger partial charge in [-0.1, -0.05) is 61.4 Å². The van der Waals surface area contributed by atoms with Crippen molar-refractivity contribution < 1.29 is 19.8 Å². The highest BCUT2D eigenvalue weighted by atomic mass is 16.4. The number of rotatable bonds is 4. The average molecular weight is 318 g/mol. The molecular formula is C17H22N2O4. The van der Waals surface area contributed by atoms with Crippen LogP contribution in [0.15, 0.2) is 47.6 Å². The van der Waals surface area contributed by atoms with Crippen molar-refractivity contribution in [1.29, 1.82) is 0 Å². The number of carboxylic acid groups (broad SMARTS) is 2. The molecule has 0 aliphatic heterocycles. The van der Waals surface area contributed by atoms with E-state index >= 15 is 0 Å². The van der Waals surface area contributed by atoms with Gasteiger partial charge < -0.3 is 21.7 Å². The van der Waals surface area contributed by atoms with E-state index < -0.39 is 28.4 Å². The Balaban J connectivity index is 2.33. The third kappa shape index (κ3) is 3.00. The molecule has 6 heteroatoms. The number of carbonyl (C=O) groups is 2. The van der Waals surface area contributed by atoms with Crippen molar-refractivity contribution in [3.63, 3.8) is 0 Å². The average Bonchev–Trinajstić information content (AvgIpc) is 2.47. The fourth-order valence-electron chi connectivity index (χ4n) is 2.90. The molecule has 0 saturated carbocycles. The van der Waals surface area contributed by atoms with E-state index in [1.807, 2.05) is 26.0 Å². The van der Waals surface area contributed by atoms with Crippen molar-refractivity contribution in [3.8, 4) is 0 Å². The van der Waals surface area contributed by atoms with Crippen molar-refractivity contribution in [2.24, 2.45) is 16.9 Å². The molecule has 2 rings (SSSR count). The van der Waals surface area contributed by atoms with Crippen molar-refractivity contribution in [3.05, 3.63) is 47.6 Å². The van der Waals surface area contributed by atoms with Crippen LogP contribution in [0.2, 0.25) is 0 Å². The van der Waals surface area contributed by atoms with Gasteiger partial charge in [0, 0.05) is 18.3 Å². The standard InChI is InChI=1S/C17H22N2O4/c1-15(2,11-5-3-7-16(18,9-11)13(20)21)12-6-4-8-17(19,10-12)14(22)23/h3-8H,9-10,18-19H2,1-2H3,(H,20,21)(H,22,23). The summed E-state index contributed by atoms with van der Waals surface area (Å²) in [6.07, 6.45) is 10.2. The van der Waals surface area contributed by atoms with Gasteiger partial charge in [-0.3, -0.25) is 0 Å². The van der Waals surface area contributed by atoms with Crippen molar-refractivity contribution in [2.75, 3.05) is 0 Å². The van der Waals surface area contributed by atoms with Gasteiger partial charge >= 0.3 is 11.9 Å². The van der Waals surface area contributed by atoms with Crippen LogP contribution in [0.1, 0.15) is 26.7 Å². The van der Waals surface area contributed by atoms with Crippen LogP contribution >= 0.6 is 0 Å². The maximum Gasteiger partial charge on any atom is 0.328 e. The Labute approximate surface area is 134 Å². The van der Waals surface area contributed by atoms with Crippen molar-refractivity contribution in [2.45, 2.75) is 37.8 Å². The van der Waals surface area contributed by atoms with Crippen molar-refractivity contribution in [1.82, 2.24) is 0 Å². The lowest BCUT2D eigenvalue weighted by atomic mass is 9.67. The first kappa shape index (κ1) is 17.2. The summed E-state index contributed by atoms with van der Waals surface area (Å²) in [6, 6.07) is 0. The molecule has 2 aliphatic carbocycles. The molecule has 6 nitrogen and oxygen atoms in total. The van der Waals surface area contributed by atoms with Gasteiger partial charge in [0.2, 0.25) is 0 Å². The maximum atomic E-state index is 11.4. The SMILES string of the molecule is CC(C)(C1=CC=CC(N)(C(=O)O)C1)C1=CC=CC(N)(C(=O)O)C1. The topological polar surface area (TPSA) is 127 Å². The van der Waals surface area contributed by atoms with Gasteiger partial charge in [0.05, 0.1) is 0 Å². The third-order valence-corrected chi connectivity index (χ3v) is 4.75. The van der Waals surface area contributed by atoms with Gasteiger partial charge in [-0.15, -0.1) is 0 Å². The van der Waals surface area contributed by atoms with Crippen LogP contribution in [0, 0.1) is 5.41 Å². The molecule has 124 valence electrons. The monoisotopic (exact) mass is 318 g/mol. The fraction of sp³-hybridized carbons (Fsp3) is 0.412. The Kier molecular flexibility index (Phi) is 4.09. The van der Waals surface area contributed by atoms with E-state index in [9.17, 15) is 19.8 Å². The molecule has 6 N–H and O–H groups in total.